The van der Waals surface area contributed by atoms with Crippen molar-refractivity contribution in [3.05, 3.63) is 41.7 Å². The molecule has 24 heavy (non-hydrogen) atoms. The van der Waals surface area contributed by atoms with E-state index in [4.69, 9.17) is 16.7 Å². The number of hydrogen-bond acceptors (Lipinski definition) is 5. The summed E-state index contributed by atoms with van der Waals surface area (Å²) in [6.45, 7) is -0.246. The number of carboxylic acid groups (broad SMARTS) is 1. The van der Waals surface area contributed by atoms with E-state index in [-0.39, 0.29) is 11.7 Å². The Bertz CT molecular complexity index is 1070. The second-order valence-electron chi connectivity index (χ2n) is 5.17. The van der Waals surface area contributed by atoms with Gasteiger partial charge in [0.1, 0.15) is 12.1 Å². The molecule has 1 aromatic carbocycles. The first-order valence-corrected chi connectivity index (χ1v) is 7.43. The second kappa shape index (κ2) is 5.50. The van der Waals surface area contributed by atoms with Crippen LogP contribution in [0.1, 0.15) is 0 Å². The molecule has 0 aliphatic rings. The monoisotopic (exact) mass is 342 g/mol. The highest BCUT2D eigenvalue weighted by atomic mass is 35.5. The van der Waals surface area contributed by atoms with Crippen molar-refractivity contribution in [3.8, 4) is 0 Å². The lowest BCUT2D eigenvalue weighted by Gasteiger charge is -2.04. The summed E-state index contributed by atoms with van der Waals surface area (Å²) in [7, 11) is 0. The van der Waals surface area contributed by atoms with Crippen LogP contribution in [0.3, 0.4) is 0 Å². The van der Waals surface area contributed by atoms with Crippen molar-refractivity contribution < 1.29 is 9.90 Å². The van der Waals surface area contributed by atoms with E-state index in [0.717, 1.165) is 16.7 Å². The van der Waals surface area contributed by atoms with Gasteiger partial charge in [-0.1, -0.05) is 11.6 Å². The van der Waals surface area contributed by atoms with Crippen LogP contribution in [-0.2, 0) is 11.3 Å². The lowest BCUT2D eigenvalue weighted by atomic mass is 10.2. The molecule has 0 aliphatic heterocycles. The number of carbonyl (C=O) groups is 1. The average Bonchev–Trinajstić information content (AvgIpc) is 3.09. The van der Waals surface area contributed by atoms with Crippen LogP contribution in [0.2, 0.25) is 5.15 Å². The molecule has 0 radical (unpaired) electrons. The van der Waals surface area contributed by atoms with Gasteiger partial charge in [0.25, 0.3) is 0 Å². The smallest absolute Gasteiger partial charge is 0.325 e. The van der Waals surface area contributed by atoms with Crippen molar-refractivity contribution in [2.45, 2.75) is 6.54 Å². The van der Waals surface area contributed by atoms with Crippen LogP contribution in [0, 0.1) is 0 Å². The number of nitrogens with zero attached hydrogens (tertiary/aromatic N) is 4. The highest BCUT2D eigenvalue weighted by Gasteiger charge is 2.13. The van der Waals surface area contributed by atoms with E-state index in [2.05, 4.69) is 25.6 Å². The molecule has 0 saturated heterocycles. The fraction of sp³-hybridized carbons (Fsp3) is 0.0667. The molecule has 0 atom stereocenters. The predicted molar refractivity (Wildman–Crippen MR) is 89.6 cm³/mol. The van der Waals surface area contributed by atoms with Crippen LogP contribution in [0.4, 0.5) is 11.5 Å². The van der Waals surface area contributed by atoms with E-state index in [1.807, 2.05) is 18.2 Å². The summed E-state index contributed by atoms with van der Waals surface area (Å²) >= 11 is 6.12. The fourth-order valence-electron chi connectivity index (χ4n) is 2.54. The van der Waals surface area contributed by atoms with E-state index < -0.39 is 5.97 Å². The average molecular weight is 343 g/mol. The Morgan fingerprint density at radius 1 is 1.38 bits per heavy atom. The zero-order valence-electron chi connectivity index (χ0n) is 12.2. The topological polar surface area (TPSA) is 109 Å². The normalized spacial score (nSPS) is 11.2. The summed E-state index contributed by atoms with van der Waals surface area (Å²) in [4.78, 5) is 15.2. The molecule has 8 nitrogen and oxygen atoms in total. The molecule has 120 valence electrons. The van der Waals surface area contributed by atoms with Gasteiger partial charge in [-0.25, -0.2) is 0 Å². The number of hydrogen-bond donors (Lipinski definition) is 3. The number of halogens is 1. The van der Waals surface area contributed by atoms with Gasteiger partial charge in [0.2, 0.25) is 0 Å². The van der Waals surface area contributed by atoms with Crippen molar-refractivity contribution in [1.82, 2.24) is 25.0 Å². The number of carboxylic acids is 1. The summed E-state index contributed by atoms with van der Waals surface area (Å²) in [6, 6.07) is 9.08. The van der Waals surface area contributed by atoms with Crippen LogP contribution in [0.5, 0.6) is 0 Å². The Balaban J connectivity index is 1.73. The zero-order valence-corrected chi connectivity index (χ0v) is 12.9. The molecule has 0 unspecified atom stereocenters. The third-order valence-corrected chi connectivity index (χ3v) is 3.85. The summed E-state index contributed by atoms with van der Waals surface area (Å²) in [6.07, 6.45) is 1.69. The Labute approximate surface area is 140 Å². The van der Waals surface area contributed by atoms with Crippen LogP contribution in [-0.4, -0.2) is 36.0 Å². The molecule has 3 heterocycles. The van der Waals surface area contributed by atoms with Crippen LogP contribution in [0.25, 0.3) is 21.9 Å². The first-order chi connectivity index (χ1) is 11.6. The number of nitrogens with one attached hydrogen (secondary N) is 2. The van der Waals surface area contributed by atoms with Gasteiger partial charge in [-0.15, -0.1) is 0 Å². The number of pyridine rings is 1. The molecule has 0 bridgehead atoms. The zero-order chi connectivity index (χ0) is 16.7. The molecule has 0 fully saturated rings. The van der Waals surface area contributed by atoms with E-state index in [0.29, 0.717) is 16.7 Å². The first kappa shape index (κ1) is 14.5. The number of anilines is 2. The van der Waals surface area contributed by atoms with Crippen molar-refractivity contribution in [2.75, 3.05) is 5.32 Å². The van der Waals surface area contributed by atoms with Crippen LogP contribution < -0.4 is 5.32 Å². The molecule has 4 rings (SSSR count). The maximum Gasteiger partial charge on any atom is 0.325 e. The number of rotatable bonds is 4. The Kier molecular flexibility index (Phi) is 3.31. The van der Waals surface area contributed by atoms with Gasteiger partial charge < -0.3 is 10.4 Å². The summed E-state index contributed by atoms with van der Waals surface area (Å²) < 4.78 is 1.36. The van der Waals surface area contributed by atoms with Crippen molar-refractivity contribution in [3.63, 3.8) is 0 Å². The molecule has 0 aliphatic carbocycles. The minimum atomic E-state index is -0.979. The minimum Gasteiger partial charge on any atom is -0.480 e. The Hall–Kier alpha value is -3.13. The summed E-state index contributed by atoms with van der Waals surface area (Å²) in [5, 5.41) is 24.2. The minimum absolute atomic E-state index is 0.246. The van der Waals surface area contributed by atoms with E-state index >= 15 is 0 Å². The molecule has 0 amide bonds. The van der Waals surface area contributed by atoms with Gasteiger partial charge in [0.15, 0.2) is 11.0 Å². The molecule has 9 heteroatoms. The van der Waals surface area contributed by atoms with E-state index in [9.17, 15) is 4.79 Å². The Morgan fingerprint density at radius 3 is 3.08 bits per heavy atom. The SMILES string of the molecule is O=C(O)Cn1nc(Cl)c2cc(Nc3n[nH]c4cccnc34)ccc21. The lowest BCUT2D eigenvalue weighted by Crippen LogP contribution is -2.09. The third-order valence-electron chi connectivity index (χ3n) is 3.57. The first-order valence-electron chi connectivity index (χ1n) is 7.06. The highest BCUT2D eigenvalue weighted by molar-refractivity contribution is 6.34. The highest BCUT2D eigenvalue weighted by Crippen LogP contribution is 2.28. The van der Waals surface area contributed by atoms with Gasteiger partial charge in [-0.2, -0.15) is 10.2 Å². The van der Waals surface area contributed by atoms with Crippen LogP contribution in [0.15, 0.2) is 36.5 Å². The summed E-state index contributed by atoms with van der Waals surface area (Å²) in [5.41, 5.74) is 2.95. The number of H-pyrrole nitrogens is 1. The van der Waals surface area contributed by atoms with Crippen LogP contribution >= 0.6 is 11.6 Å². The fourth-order valence-corrected chi connectivity index (χ4v) is 2.79. The van der Waals surface area contributed by atoms with Gasteiger partial charge in [0, 0.05) is 17.3 Å². The maximum atomic E-state index is 10.9. The number of benzene rings is 1. The number of aromatic amines is 1. The largest absolute Gasteiger partial charge is 0.480 e. The molecule has 0 saturated carbocycles. The van der Waals surface area contributed by atoms with Gasteiger partial charge >= 0.3 is 5.97 Å². The quantitative estimate of drug-likeness (QED) is 0.526. The standard InChI is InChI=1S/C15H11ClN6O2/c16-14-9-6-8(3-4-11(9)22(21-14)7-12(23)24)18-15-13-10(19-20-15)2-1-5-17-13/h1-6H,7H2,(H,23,24)(H2,18,19,20). The molecule has 3 N–H and O–H groups in total. The van der Waals surface area contributed by atoms with E-state index in [1.54, 1.807) is 18.3 Å². The number of fused-ring (bicyclic) bond motifs is 2. The predicted octanol–water partition coefficient (Wildman–Crippen LogP) is 2.79. The second-order valence-corrected chi connectivity index (χ2v) is 5.53. The van der Waals surface area contributed by atoms with Gasteiger partial charge in [-0.3, -0.25) is 19.6 Å². The molecular formula is C15H11ClN6O2. The molecular weight excluding hydrogens is 332 g/mol. The lowest BCUT2D eigenvalue weighted by molar-refractivity contribution is -0.137. The van der Waals surface area contributed by atoms with E-state index in [1.165, 1.54) is 4.68 Å². The van der Waals surface area contributed by atoms with Gasteiger partial charge in [-0.05, 0) is 30.3 Å². The van der Waals surface area contributed by atoms with Crippen molar-refractivity contribution in [1.29, 1.82) is 0 Å². The third kappa shape index (κ3) is 2.42. The van der Waals surface area contributed by atoms with Crippen molar-refractivity contribution in [2.24, 2.45) is 0 Å². The molecule has 0 spiro atoms. The number of aliphatic carboxylic acids is 1. The maximum absolute atomic E-state index is 10.9. The molecule has 4 aromatic rings. The molecule has 3 aromatic heterocycles. The Morgan fingerprint density at radius 2 is 2.25 bits per heavy atom. The van der Waals surface area contributed by atoms with Crippen molar-refractivity contribution >= 4 is 51.0 Å². The summed E-state index contributed by atoms with van der Waals surface area (Å²) in [5.74, 6) is -0.383. The number of aromatic nitrogens is 5. The van der Waals surface area contributed by atoms with Gasteiger partial charge in [0.05, 0.1) is 11.0 Å².